The number of nitrogens with two attached hydrogens (primary N) is 1. The van der Waals surface area contributed by atoms with Crippen molar-refractivity contribution >= 4 is 11.8 Å². The SMILES string of the molecule is CCCC(OCC)c1nc(C)c(C(=O)OC)c(N)n1. The van der Waals surface area contributed by atoms with Crippen LogP contribution in [0.5, 0.6) is 0 Å². The maximum absolute atomic E-state index is 11.6. The molecule has 0 amide bonds. The number of nitrogens with zero attached hydrogens (tertiary/aromatic N) is 2. The summed E-state index contributed by atoms with van der Waals surface area (Å²) in [5, 5.41) is 0. The minimum absolute atomic E-state index is 0.134. The molecule has 0 aliphatic rings. The monoisotopic (exact) mass is 267 g/mol. The second-order valence-corrected chi connectivity index (χ2v) is 4.15. The van der Waals surface area contributed by atoms with Gasteiger partial charge in [0.05, 0.1) is 12.8 Å². The van der Waals surface area contributed by atoms with E-state index >= 15 is 0 Å². The Labute approximate surface area is 113 Å². The van der Waals surface area contributed by atoms with Crippen LogP contribution in [0.4, 0.5) is 5.82 Å². The molecule has 19 heavy (non-hydrogen) atoms. The van der Waals surface area contributed by atoms with E-state index in [1.807, 2.05) is 6.92 Å². The van der Waals surface area contributed by atoms with E-state index in [0.29, 0.717) is 18.1 Å². The molecule has 1 atom stereocenters. The highest BCUT2D eigenvalue weighted by Gasteiger charge is 2.21. The van der Waals surface area contributed by atoms with Gasteiger partial charge in [-0.1, -0.05) is 13.3 Å². The Balaban J connectivity index is 3.14. The Kier molecular flexibility index (Phi) is 5.69. The van der Waals surface area contributed by atoms with Crippen molar-refractivity contribution in [3.8, 4) is 0 Å². The van der Waals surface area contributed by atoms with Gasteiger partial charge in [0.25, 0.3) is 0 Å². The second-order valence-electron chi connectivity index (χ2n) is 4.15. The van der Waals surface area contributed by atoms with Crippen molar-refractivity contribution < 1.29 is 14.3 Å². The lowest BCUT2D eigenvalue weighted by molar-refractivity contribution is 0.0489. The van der Waals surface area contributed by atoms with E-state index in [0.717, 1.165) is 12.8 Å². The zero-order chi connectivity index (χ0) is 14.4. The molecule has 0 saturated carbocycles. The van der Waals surface area contributed by atoms with Crippen molar-refractivity contribution in [3.63, 3.8) is 0 Å². The van der Waals surface area contributed by atoms with Crippen molar-refractivity contribution in [2.45, 2.75) is 39.7 Å². The third-order valence-corrected chi connectivity index (χ3v) is 2.73. The van der Waals surface area contributed by atoms with Gasteiger partial charge < -0.3 is 15.2 Å². The fourth-order valence-electron chi connectivity index (χ4n) is 1.87. The lowest BCUT2D eigenvalue weighted by Gasteiger charge is -2.16. The fourth-order valence-corrected chi connectivity index (χ4v) is 1.87. The van der Waals surface area contributed by atoms with Crippen LogP contribution in [0.15, 0.2) is 0 Å². The number of hydrogen-bond acceptors (Lipinski definition) is 6. The van der Waals surface area contributed by atoms with Crippen molar-refractivity contribution in [1.29, 1.82) is 0 Å². The lowest BCUT2D eigenvalue weighted by atomic mass is 10.1. The highest BCUT2D eigenvalue weighted by Crippen LogP contribution is 2.23. The lowest BCUT2D eigenvalue weighted by Crippen LogP contribution is -2.16. The molecule has 0 bridgehead atoms. The molecule has 6 heteroatoms. The van der Waals surface area contributed by atoms with E-state index in [9.17, 15) is 4.79 Å². The average molecular weight is 267 g/mol. The molecule has 0 aromatic carbocycles. The van der Waals surface area contributed by atoms with Crippen LogP contribution in [0, 0.1) is 6.92 Å². The minimum atomic E-state index is -0.523. The predicted molar refractivity (Wildman–Crippen MR) is 71.8 cm³/mol. The largest absolute Gasteiger partial charge is 0.465 e. The molecular formula is C13H21N3O3. The van der Waals surface area contributed by atoms with E-state index < -0.39 is 5.97 Å². The van der Waals surface area contributed by atoms with Gasteiger partial charge in [-0.2, -0.15) is 0 Å². The number of esters is 1. The van der Waals surface area contributed by atoms with Crippen LogP contribution in [0.3, 0.4) is 0 Å². The molecule has 1 unspecified atom stereocenters. The van der Waals surface area contributed by atoms with Crippen LogP contribution in [0.25, 0.3) is 0 Å². The van der Waals surface area contributed by atoms with Gasteiger partial charge in [0.15, 0.2) is 5.82 Å². The Hall–Kier alpha value is -1.69. The Morgan fingerprint density at radius 3 is 2.53 bits per heavy atom. The Morgan fingerprint density at radius 1 is 1.37 bits per heavy atom. The van der Waals surface area contributed by atoms with Crippen molar-refractivity contribution in [2.75, 3.05) is 19.5 Å². The first-order valence-corrected chi connectivity index (χ1v) is 6.39. The van der Waals surface area contributed by atoms with E-state index in [2.05, 4.69) is 21.6 Å². The topological polar surface area (TPSA) is 87.3 Å². The number of methoxy groups -OCH3 is 1. The zero-order valence-electron chi connectivity index (χ0n) is 11.9. The van der Waals surface area contributed by atoms with Crippen LogP contribution < -0.4 is 5.73 Å². The fraction of sp³-hybridized carbons (Fsp3) is 0.615. The van der Waals surface area contributed by atoms with Gasteiger partial charge in [-0.25, -0.2) is 14.8 Å². The standard InChI is InChI=1S/C13H21N3O3/c1-5-7-9(19-6-2)12-15-8(3)10(11(14)16-12)13(17)18-4/h9H,5-7H2,1-4H3,(H2,14,15,16). The number of ether oxygens (including phenoxy) is 2. The van der Waals surface area contributed by atoms with Crippen LogP contribution in [0.1, 0.15) is 54.7 Å². The smallest absolute Gasteiger partial charge is 0.343 e. The summed E-state index contributed by atoms with van der Waals surface area (Å²) in [7, 11) is 1.30. The summed E-state index contributed by atoms with van der Waals surface area (Å²) >= 11 is 0. The number of carbonyl (C=O) groups is 1. The highest BCUT2D eigenvalue weighted by atomic mass is 16.5. The van der Waals surface area contributed by atoms with E-state index in [4.69, 9.17) is 10.5 Å². The highest BCUT2D eigenvalue weighted by molar-refractivity contribution is 5.95. The second kappa shape index (κ2) is 7.04. The third-order valence-electron chi connectivity index (χ3n) is 2.73. The summed E-state index contributed by atoms with van der Waals surface area (Å²) in [6.07, 6.45) is 1.57. The number of aromatic nitrogens is 2. The van der Waals surface area contributed by atoms with Crippen LogP contribution in [-0.2, 0) is 9.47 Å². The third kappa shape index (κ3) is 3.64. The van der Waals surface area contributed by atoms with Gasteiger partial charge >= 0.3 is 5.97 Å². The van der Waals surface area contributed by atoms with Gasteiger partial charge in [0.1, 0.15) is 17.5 Å². The van der Waals surface area contributed by atoms with Crippen LogP contribution in [-0.4, -0.2) is 29.7 Å². The minimum Gasteiger partial charge on any atom is -0.465 e. The van der Waals surface area contributed by atoms with Crippen LogP contribution >= 0.6 is 0 Å². The van der Waals surface area contributed by atoms with Gasteiger partial charge in [-0.3, -0.25) is 0 Å². The Morgan fingerprint density at radius 2 is 2.05 bits per heavy atom. The molecular weight excluding hydrogens is 246 g/mol. The quantitative estimate of drug-likeness (QED) is 0.793. The molecule has 1 rings (SSSR count). The molecule has 1 aromatic heterocycles. The summed E-state index contributed by atoms with van der Waals surface area (Å²) in [6.45, 7) is 6.27. The molecule has 6 nitrogen and oxygen atoms in total. The molecule has 1 heterocycles. The summed E-state index contributed by atoms with van der Waals surface area (Å²) in [4.78, 5) is 20.1. The number of anilines is 1. The molecule has 0 aliphatic heterocycles. The van der Waals surface area contributed by atoms with Gasteiger partial charge in [-0.05, 0) is 20.3 Å². The number of carbonyl (C=O) groups excluding carboxylic acids is 1. The molecule has 0 spiro atoms. The number of hydrogen-bond donors (Lipinski definition) is 1. The van der Waals surface area contributed by atoms with E-state index in [1.165, 1.54) is 7.11 Å². The van der Waals surface area contributed by atoms with E-state index in [-0.39, 0.29) is 17.5 Å². The predicted octanol–water partition coefficient (Wildman–Crippen LogP) is 2.03. The maximum Gasteiger partial charge on any atom is 0.343 e. The molecule has 0 saturated heterocycles. The van der Waals surface area contributed by atoms with Crippen molar-refractivity contribution in [2.24, 2.45) is 0 Å². The number of aryl methyl sites for hydroxylation is 1. The molecule has 0 aliphatic carbocycles. The first kappa shape index (κ1) is 15.4. The normalized spacial score (nSPS) is 12.2. The first-order valence-electron chi connectivity index (χ1n) is 6.39. The molecule has 0 fully saturated rings. The number of nitrogen functional groups attached to an aromatic ring is 1. The number of rotatable bonds is 6. The molecule has 0 radical (unpaired) electrons. The molecule has 2 N–H and O–H groups in total. The summed E-state index contributed by atoms with van der Waals surface area (Å²) < 4.78 is 10.3. The van der Waals surface area contributed by atoms with E-state index in [1.54, 1.807) is 6.92 Å². The summed E-state index contributed by atoms with van der Waals surface area (Å²) in [5.74, 6) is 0.131. The van der Waals surface area contributed by atoms with Crippen molar-refractivity contribution in [3.05, 3.63) is 17.1 Å². The van der Waals surface area contributed by atoms with Crippen molar-refractivity contribution in [1.82, 2.24) is 9.97 Å². The summed E-state index contributed by atoms with van der Waals surface area (Å²) in [6, 6.07) is 0. The van der Waals surface area contributed by atoms with Gasteiger partial charge in [-0.15, -0.1) is 0 Å². The average Bonchev–Trinajstić information content (AvgIpc) is 2.37. The summed E-state index contributed by atoms with van der Waals surface area (Å²) in [5.41, 5.74) is 6.55. The maximum atomic E-state index is 11.6. The van der Waals surface area contributed by atoms with Gasteiger partial charge in [0, 0.05) is 6.61 Å². The van der Waals surface area contributed by atoms with Gasteiger partial charge in [0.2, 0.25) is 0 Å². The zero-order valence-corrected chi connectivity index (χ0v) is 11.9. The molecule has 106 valence electrons. The molecule has 1 aromatic rings. The van der Waals surface area contributed by atoms with Crippen LogP contribution in [0.2, 0.25) is 0 Å². The Bertz CT molecular complexity index is 420. The first-order chi connectivity index (χ1) is 9.04.